The van der Waals surface area contributed by atoms with Crippen LogP contribution in [-0.2, 0) is 6.54 Å². The fourth-order valence-electron chi connectivity index (χ4n) is 1.51. The highest BCUT2D eigenvalue weighted by atomic mass is 16.3. The van der Waals surface area contributed by atoms with E-state index >= 15 is 0 Å². The monoisotopic (exact) mass is 239 g/mol. The Kier molecular flexibility index (Phi) is 3.93. The molecule has 5 nitrogen and oxygen atoms in total. The van der Waals surface area contributed by atoms with Crippen LogP contribution in [0, 0.1) is 6.92 Å². The molecule has 1 rings (SSSR count). The lowest BCUT2D eigenvalue weighted by Crippen LogP contribution is -2.48. The molecular weight excluding hydrogens is 218 g/mol. The van der Waals surface area contributed by atoms with Crippen molar-refractivity contribution in [3.05, 3.63) is 17.5 Å². The number of amides is 1. The van der Waals surface area contributed by atoms with Crippen molar-refractivity contribution in [1.82, 2.24) is 14.7 Å². The van der Waals surface area contributed by atoms with Crippen molar-refractivity contribution in [2.75, 3.05) is 13.7 Å². The van der Waals surface area contributed by atoms with Gasteiger partial charge in [-0.25, -0.2) is 0 Å². The van der Waals surface area contributed by atoms with E-state index in [1.165, 1.54) is 0 Å². The second-order valence-corrected chi connectivity index (χ2v) is 4.82. The van der Waals surface area contributed by atoms with E-state index in [1.54, 1.807) is 22.7 Å². The third-order valence-corrected chi connectivity index (χ3v) is 3.02. The number of aliphatic hydroxyl groups is 1. The van der Waals surface area contributed by atoms with Gasteiger partial charge in [-0.1, -0.05) is 0 Å². The first-order valence-electron chi connectivity index (χ1n) is 5.77. The summed E-state index contributed by atoms with van der Waals surface area (Å²) in [5, 5.41) is 13.5. The average molecular weight is 239 g/mol. The van der Waals surface area contributed by atoms with E-state index < -0.39 is 5.54 Å². The SMILES string of the molecule is CCn1nc(C)cc1C(=O)N(C)C(C)(C)CO. The van der Waals surface area contributed by atoms with Crippen LogP contribution in [0.4, 0.5) is 0 Å². The Labute approximate surface area is 102 Å². The predicted octanol–water partition coefficient (Wildman–Crippen LogP) is 1.05. The molecule has 1 N–H and O–H groups in total. The summed E-state index contributed by atoms with van der Waals surface area (Å²) in [5.74, 6) is -0.119. The van der Waals surface area contributed by atoms with E-state index in [-0.39, 0.29) is 12.5 Å². The molecule has 0 saturated heterocycles. The van der Waals surface area contributed by atoms with Crippen molar-refractivity contribution in [2.45, 2.75) is 39.8 Å². The number of hydrogen-bond acceptors (Lipinski definition) is 3. The molecule has 0 bridgehead atoms. The first-order valence-corrected chi connectivity index (χ1v) is 5.77. The Morgan fingerprint density at radius 3 is 2.65 bits per heavy atom. The molecule has 0 atom stereocenters. The van der Waals surface area contributed by atoms with Gasteiger partial charge in [0.1, 0.15) is 5.69 Å². The first kappa shape index (κ1) is 13.7. The molecule has 0 aliphatic heterocycles. The fourth-order valence-corrected chi connectivity index (χ4v) is 1.51. The summed E-state index contributed by atoms with van der Waals surface area (Å²) in [4.78, 5) is 13.8. The molecule has 0 radical (unpaired) electrons. The third kappa shape index (κ3) is 2.66. The van der Waals surface area contributed by atoms with Crippen molar-refractivity contribution >= 4 is 5.91 Å². The maximum absolute atomic E-state index is 12.3. The lowest BCUT2D eigenvalue weighted by molar-refractivity contribution is 0.0462. The molecule has 0 aliphatic carbocycles. The van der Waals surface area contributed by atoms with Gasteiger partial charge in [0.15, 0.2) is 0 Å². The fraction of sp³-hybridized carbons (Fsp3) is 0.667. The van der Waals surface area contributed by atoms with Gasteiger partial charge < -0.3 is 10.0 Å². The third-order valence-electron chi connectivity index (χ3n) is 3.02. The van der Waals surface area contributed by atoms with Crippen molar-refractivity contribution in [3.8, 4) is 0 Å². The van der Waals surface area contributed by atoms with Crippen LogP contribution < -0.4 is 0 Å². The highest BCUT2D eigenvalue weighted by Gasteiger charge is 2.29. The van der Waals surface area contributed by atoms with Crippen molar-refractivity contribution in [2.24, 2.45) is 0 Å². The molecule has 0 aliphatic rings. The van der Waals surface area contributed by atoms with Gasteiger partial charge in [-0.05, 0) is 33.8 Å². The van der Waals surface area contributed by atoms with E-state index in [4.69, 9.17) is 0 Å². The largest absolute Gasteiger partial charge is 0.394 e. The van der Waals surface area contributed by atoms with Crippen LogP contribution in [0.1, 0.15) is 37.0 Å². The van der Waals surface area contributed by atoms with Gasteiger partial charge in [0, 0.05) is 13.6 Å². The van der Waals surface area contributed by atoms with Crippen LogP contribution in [0.2, 0.25) is 0 Å². The van der Waals surface area contributed by atoms with E-state index in [2.05, 4.69) is 5.10 Å². The van der Waals surface area contributed by atoms with E-state index in [1.807, 2.05) is 27.7 Å². The lowest BCUT2D eigenvalue weighted by atomic mass is 10.0. The quantitative estimate of drug-likeness (QED) is 0.854. The van der Waals surface area contributed by atoms with Crippen LogP contribution in [0.15, 0.2) is 6.07 Å². The molecule has 17 heavy (non-hydrogen) atoms. The van der Waals surface area contributed by atoms with Gasteiger partial charge in [-0.2, -0.15) is 5.10 Å². The van der Waals surface area contributed by atoms with Gasteiger partial charge in [-0.15, -0.1) is 0 Å². The van der Waals surface area contributed by atoms with Crippen LogP contribution in [0.25, 0.3) is 0 Å². The zero-order valence-corrected chi connectivity index (χ0v) is 11.2. The second-order valence-electron chi connectivity index (χ2n) is 4.82. The van der Waals surface area contributed by atoms with Crippen LogP contribution in [0.5, 0.6) is 0 Å². The number of aryl methyl sites for hydroxylation is 2. The Bertz CT molecular complexity index is 410. The van der Waals surface area contributed by atoms with Gasteiger partial charge in [0.05, 0.1) is 17.8 Å². The van der Waals surface area contributed by atoms with Crippen molar-refractivity contribution < 1.29 is 9.90 Å². The average Bonchev–Trinajstić information content (AvgIpc) is 2.68. The minimum Gasteiger partial charge on any atom is -0.394 e. The molecule has 0 unspecified atom stereocenters. The van der Waals surface area contributed by atoms with E-state index in [0.29, 0.717) is 12.2 Å². The maximum atomic E-state index is 12.3. The summed E-state index contributed by atoms with van der Waals surface area (Å²) in [6, 6.07) is 1.77. The predicted molar refractivity (Wildman–Crippen MR) is 65.9 cm³/mol. The number of aliphatic hydroxyl groups excluding tert-OH is 1. The number of likely N-dealkylation sites (N-methyl/N-ethyl adjacent to an activating group) is 1. The maximum Gasteiger partial charge on any atom is 0.272 e. The normalized spacial score (nSPS) is 11.6. The summed E-state index contributed by atoms with van der Waals surface area (Å²) < 4.78 is 1.68. The van der Waals surface area contributed by atoms with Gasteiger partial charge >= 0.3 is 0 Å². The smallest absolute Gasteiger partial charge is 0.272 e. The molecule has 1 aromatic rings. The Balaban J connectivity index is 3.04. The summed E-state index contributed by atoms with van der Waals surface area (Å²) in [7, 11) is 1.70. The highest BCUT2D eigenvalue weighted by molar-refractivity contribution is 5.93. The second kappa shape index (κ2) is 4.87. The standard InChI is InChI=1S/C12H21N3O2/c1-6-15-10(7-9(2)13-15)11(17)14(5)12(3,4)8-16/h7,16H,6,8H2,1-5H3. The number of hydrogen-bond donors (Lipinski definition) is 1. The zero-order chi connectivity index (χ0) is 13.2. The van der Waals surface area contributed by atoms with Gasteiger partial charge in [0.2, 0.25) is 0 Å². The molecule has 0 saturated carbocycles. The van der Waals surface area contributed by atoms with Crippen LogP contribution in [-0.4, -0.2) is 44.9 Å². The summed E-state index contributed by atoms with van der Waals surface area (Å²) >= 11 is 0. The molecule has 1 amide bonds. The minimum absolute atomic E-state index is 0.0749. The topological polar surface area (TPSA) is 58.4 Å². The number of rotatable bonds is 4. The summed E-state index contributed by atoms with van der Waals surface area (Å²) in [6.45, 7) is 8.03. The summed E-state index contributed by atoms with van der Waals surface area (Å²) in [6.07, 6.45) is 0. The number of nitrogens with zero attached hydrogens (tertiary/aromatic N) is 3. The number of aromatic nitrogens is 2. The highest BCUT2D eigenvalue weighted by Crippen LogP contribution is 2.16. The van der Waals surface area contributed by atoms with Crippen molar-refractivity contribution in [1.29, 1.82) is 0 Å². The molecule has 1 heterocycles. The minimum atomic E-state index is -0.576. The van der Waals surface area contributed by atoms with Crippen molar-refractivity contribution in [3.63, 3.8) is 0 Å². The molecule has 5 heteroatoms. The molecule has 0 aromatic carbocycles. The Hall–Kier alpha value is -1.36. The number of carbonyl (C=O) groups is 1. The Morgan fingerprint density at radius 1 is 1.59 bits per heavy atom. The van der Waals surface area contributed by atoms with Gasteiger partial charge in [-0.3, -0.25) is 9.48 Å². The zero-order valence-electron chi connectivity index (χ0n) is 11.2. The lowest BCUT2D eigenvalue weighted by Gasteiger charge is -2.33. The molecule has 0 fully saturated rings. The Morgan fingerprint density at radius 2 is 2.18 bits per heavy atom. The first-order chi connectivity index (χ1) is 7.83. The van der Waals surface area contributed by atoms with Crippen LogP contribution >= 0.6 is 0 Å². The molecule has 0 spiro atoms. The van der Waals surface area contributed by atoms with E-state index in [0.717, 1.165) is 5.69 Å². The molecule has 96 valence electrons. The van der Waals surface area contributed by atoms with E-state index in [9.17, 15) is 9.90 Å². The van der Waals surface area contributed by atoms with Crippen LogP contribution in [0.3, 0.4) is 0 Å². The molecular formula is C12H21N3O2. The summed E-state index contributed by atoms with van der Waals surface area (Å²) in [5.41, 5.74) is 0.813. The molecule has 1 aromatic heterocycles. The van der Waals surface area contributed by atoms with Gasteiger partial charge in [0.25, 0.3) is 5.91 Å². The number of carbonyl (C=O) groups excluding carboxylic acids is 1.